The standard InChI is InChI=1S/C17H30N2O/c20-17(11-10-15-8-3-4-12-18-15)19-13-5-7-14-6-1-2-9-16(14)19/h14-16,18H,1-13H2/t14-,15?,16-/m1/s1. The summed E-state index contributed by atoms with van der Waals surface area (Å²) in [4.78, 5) is 14.9. The highest BCUT2D eigenvalue weighted by Gasteiger charge is 2.35. The number of likely N-dealkylation sites (tertiary alicyclic amines) is 1. The maximum Gasteiger partial charge on any atom is 0.222 e. The number of carbonyl (C=O) groups is 1. The van der Waals surface area contributed by atoms with E-state index in [1.807, 2.05) is 0 Å². The Morgan fingerprint density at radius 2 is 1.80 bits per heavy atom. The van der Waals surface area contributed by atoms with Crippen LogP contribution in [0.2, 0.25) is 0 Å². The van der Waals surface area contributed by atoms with Crippen LogP contribution in [0.1, 0.15) is 70.6 Å². The molecule has 1 saturated carbocycles. The molecule has 3 aliphatic rings. The summed E-state index contributed by atoms with van der Waals surface area (Å²) in [6.07, 6.45) is 13.6. The third kappa shape index (κ3) is 3.36. The van der Waals surface area contributed by atoms with Crippen LogP contribution in [-0.4, -0.2) is 36.0 Å². The highest BCUT2D eigenvalue weighted by molar-refractivity contribution is 5.76. The minimum Gasteiger partial charge on any atom is -0.339 e. The summed E-state index contributed by atoms with van der Waals surface area (Å²) in [6.45, 7) is 2.17. The Bertz CT molecular complexity index is 323. The van der Waals surface area contributed by atoms with Crippen molar-refractivity contribution in [3.05, 3.63) is 0 Å². The van der Waals surface area contributed by atoms with Gasteiger partial charge >= 0.3 is 0 Å². The van der Waals surface area contributed by atoms with Crippen molar-refractivity contribution in [2.45, 2.75) is 82.7 Å². The van der Waals surface area contributed by atoms with Gasteiger partial charge in [0.25, 0.3) is 0 Å². The number of rotatable bonds is 3. The minimum atomic E-state index is 0.439. The Labute approximate surface area is 123 Å². The van der Waals surface area contributed by atoms with Crippen molar-refractivity contribution in [1.29, 1.82) is 0 Å². The Morgan fingerprint density at radius 3 is 2.65 bits per heavy atom. The largest absolute Gasteiger partial charge is 0.339 e. The van der Waals surface area contributed by atoms with E-state index in [1.54, 1.807) is 0 Å². The predicted molar refractivity (Wildman–Crippen MR) is 81.6 cm³/mol. The van der Waals surface area contributed by atoms with Gasteiger partial charge < -0.3 is 10.2 Å². The lowest BCUT2D eigenvalue weighted by atomic mass is 9.78. The Hall–Kier alpha value is -0.570. The third-order valence-corrected chi connectivity index (χ3v) is 5.68. The Morgan fingerprint density at radius 1 is 1.00 bits per heavy atom. The molecule has 1 unspecified atom stereocenters. The molecule has 2 saturated heterocycles. The van der Waals surface area contributed by atoms with Crippen LogP contribution in [0.15, 0.2) is 0 Å². The normalized spacial score (nSPS) is 34.6. The molecule has 0 aromatic carbocycles. The van der Waals surface area contributed by atoms with Gasteiger partial charge in [-0.25, -0.2) is 0 Å². The molecule has 0 radical (unpaired) electrons. The number of nitrogens with one attached hydrogen (secondary N) is 1. The number of nitrogens with zero attached hydrogens (tertiary/aromatic N) is 1. The average molecular weight is 278 g/mol. The number of fused-ring (bicyclic) bond motifs is 1. The van der Waals surface area contributed by atoms with E-state index in [4.69, 9.17) is 0 Å². The molecule has 3 fully saturated rings. The van der Waals surface area contributed by atoms with Gasteiger partial charge in [-0.1, -0.05) is 19.3 Å². The van der Waals surface area contributed by atoms with Crippen molar-refractivity contribution in [2.75, 3.05) is 13.1 Å². The van der Waals surface area contributed by atoms with Gasteiger partial charge in [0, 0.05) is 25.0 Å². The van der Waals surface area contributed by atoms with Crippen LogP contribution in [0.4, 0.5) is 0 Å². The fourth-order valence-corrected chi connectivity index (χ4v) is 4.55. The molecule has 0 aromatic rings. The first-order chi connectivity index (χ1) is 9.84. The highest BCUT2D eigenvalue weighted by Crippen LogP contribution is 2.35. The predicted octanol–water partition coefficient (Wildman–Crippen LogP) is 3.09. The summed E-state index contributed by atoms with van der Waals surface area (Å²) < 4.78 is 0. The van der Waals surface area contributed by atoms with Crippen LogP contribution in [0, 0.1) is 5.92 Å². The van der Waals surface area contributed by atoms with Crippen LogP contribution >= 0.6 is 0 Å². The van der Waals surface area contributed by atoms with Gasteiger partial charge in [0.15, 0.2) is 0 Å². The van der Waals surface area contributed by atoms with Crippen LogP contribution in [0.25, 0.3) is 0 Å². The molecule has 1 amide bonds. The zero-order valence-corrected chi connectivity index (χ0v) is 12.8. The van der Waals surface area contributed by atoms with Crippen molar-refractivity contribution in [1.82, 2.24) is 10.2 Å². The number of piperidine rings is 2. The number of hydrogen-bond donors (Lipinski definition) is 1. The molecule has 0 spiro atoms. The van der Waals surface area contributed by atoms with Crippen LogP contribution in [-0.2, 0) is 4.79 Å². The second-order valence-corrected chi connectivity index (χ2v) is 7.03. The van der Waals surface area contributed by atoms with Gasteiger partial charge in [0.05, 0.1) is 0 Å². The first-order valence-corrected chi connectivity index (χ1v) is 8.87. The van der Waals surface area contributed by atoms with Crippen molar-refractivity contribution in [2.24, 2.45) is 5.92 Å². The fourth-order valence-electron chi connectivity index (χ4n) is 4.55. The smallest absolute Gasteiger partial charge is 0.222 e. The molecule has 0 aromatic heterocycles. The molecule has 2 aliphatic heterocycles. The summed E-state index contributed by atoms with van der Waals surface area (Å²) in [6, 6.07) is 1.18. The van der Waals surface area contributed by atoms with Crippen molar-refractivity contribution < 1.29 is 4.79 Å². The van der Waals surface area contributed by atoms with Gasteiger partial charge in [-0.2, -0.15) is 0 Å². The second kappa shape index (κ2) is 6.93. The Balaban J connectivity index is 1.50. The van der Waals surface area contributed by atoms with Gasteiger partial charge in [-0.15, -0.1) is 0 Å². The van der Waals surface area contributed by atoms with Crippen LogP contribution < -0.4 is 5.32 Å². The lowest BCUT2D eigenvalue weighted by Crippen LogP contribution is -2.50. The van der Waals surface area contributed by atoms with E-state index in [1.165, 1.54) is 57.8 Å². The molecule has 20 heavy (non-hydrogen) atoms. The molecule has 3 atom stereocenters. The molecule has 0 bridgehead atoms. The molecule has 3 heteroatoms. The molecule has 114 valence electrons. The van der Waals surface area contributed by atoms with Crippen LogP contribution in [0.3, 0.4) is 0 Å². The SMILES string of the molecule is O=C(CCC1CCCCN1)N1CCC[C@H]2CCCC[C@H]21. The summed E-state index contributed by atoms with van der Waals surface area (Å²) in [7, 11) is 0. The van der Waals surface area contributed by atoms with Gasteiger partial charge in [0.1, 0.15) is 0 Å². The van der Waals surface area contributed by atoms with E-state index >= 15 is 0 Å². The van der Waals surface area contributed by atoms with Gasteiger partial charge in [-0.3, -0.25) is 4.79 Å². The zero-order valence-electron chi connectivity index (χ0n) is 12.8. The summed E-state index contributed by atoms with van der Waals surface area (Å²) >= 11 is 0. The van der Waals surface area contributed by atoms with E-state index in [0.717, 1.165) is 31.8 Å². The number of amides is 1. The van der Waals surface area contributed by atoms with Gasteiger partial charge in [0.2, 0.25) is 5.91 Å². The molecular formula is C17H30N2O. The zero-order chi connectivity index (χ0) is 13.8. The molecule has 3 rings (SSSR count). The van der Waals surface area contributed by atoms with Crippen molar-refractivity contribution >= 4 is 5.91 Å². The third-order valence-electron chi connectivity index (χ3n) is 5.68. The van der Waals surface area contributed by atoms with E-state index in [0.29, 0.717) is 18.0 Å². The number of hydrogen-bond acceptors (Lipinski definition) is 2. The first kappa shape index (κ1) is 14.4. The van der Waals surface area contributed by atoms with Crippen molar-refractivity contribution in [3.8, 4) is 0 Å². The number of carbonyl (C=O) groups excluding carboxylic acids is 1. The van der Waals surface area contributed by atoms with E-state index in [2.05, 4.69) is 10.2 Å². The summed E-state index contributed by atoms with van der Waals surface area (Å²) in [5.74, 6) is 1.25. The topological polar surface area (TPSA) is 32.3 Å². The van der Waals surface area contributed by atoms with E-state index in [9.17, 15) is 4.79 Å². The van der Waals surface area contributed by atoms with E-state index in [-0.39, 0.29) is 0 Å². The summed E-state index contributed by atoms with van der Waals surface area (Å²) in [5, 5.41) is 3.56. The van der Waals surface area contributed by atoms with E-state index < -0.39 is 0 Å². The maximum atomic E-state index is 12.6. The molecular weight excluding hydrogens is 248 g/mol. The lowest BCUT2D eigenvalue weighted by Gasteiger charge is -2.44. The minimum absolute atomic E-state index is 0.439. The molecule has 2 heterocycles. The highest BCUT2D eigenvalue weighted by atomic mass is 16.2. The lowest BCUT2D eigenvalue weighted by molar-refractivity contribution is -0.137. The Kier molecular flexibility index (Phi) is 4.98. The summed E-state index contributed by atoms with van der Waals surface area (Å²) in [5.41, 5.74) is 0. The maximum absolute atomic E-state index is 12.6. The second-order valence-electron chi connectivity index (χ2n) is 7.03. The first-order valence-electron chi connectivity index (χ1n) is 8.87. The van der Waals surface area contributed by atoms with Gasteiger partial charge in [-0.05, 0) is 57.4 Å². The molecule has 1 N–H and O–H groups in total. The quantitative estimate of drug-likeness (QED) is 0.860. The van der Waals surface area contributed by atoms with Crippen LogP contribution in [0.5, 0.6) is 0 Å². The molecule has 3 nitrogen and oxygen atoms in total. The fraction of sp³-hybridized carbons (Fsp3) is 0.941. The average Bonchev–Trinajstić information content (AvgIpc) is 2.53. The van der Waals surface area contributed by atoms with Crippen molar-refractivity contribution in [3.63, 3.8) is 0 Å². The molecule has 1 aliphatic carbocycles. The monoisotopic (exact) mass is 278 g/mol.